The lowest BCUT2D eigenvalue weighted by Gasteiger charge is -2.33. The first kappa shape index (κ1) is 20.8. The summed E-state index contributed by atoms with van der Waals surface area (Å²) < 4.78 is 26.9. The van der Waals surface area contributed by atoms with Gasteiger partial charge in [-0.3, -0.25) is 9.59 Å². The highest BCUT2D eigenvalue weighted by Crippen LogP contribution is 2.25. The van der Waals surface area contributed by atoms with E-state index in [1.807, 2.05) is 11.8 Å². The summed E-state index contributed by atoms with van der Waals surface area (Å²) in [4.78, 5) is 29.4. The number of nitrogens with one attached hydrogen (secondary N) is 1. The topological polar surface area (TPSA) is 86.8 Å². The summed E-state index contributed by atoms with van der Waals surface area (Å²) in [5.74, 6) is 0.0306. The van der Waals surface area contributed by atoms with E-state index in [0.717, 1.165) is 31.5 Å². The second-order valence-corrected chi connectivity index (χ2v) is 9.58. The van der Waals surface area contributed by atoms with E-state index in [9.17, 15) is 18.0 Å². The Balaban J connectivity index is 1.72. The number of likely N-dealkylation sites (tertiary alicyclic amines) is 2. The van der Waals surface area contributed by atoms with Gasteiger partial charge in [0.15, 0.2) is 0 Å². The molecule has 8 heteroatoms. The molecule has 2 fully saturated rings. The van der Waals surface area contributed by atoms with Gasteiger partial charge in [-0.25, -0.2) is 13.1 Å². The van der Waals surface area contributed by atoms with Crippen LogP contribution in [0.1, 0.15) is 47.2 Å². The molecule has 2 saturated heterocycles. The van der Waals surface area contributed by atoms with E-state index in [1.54, 1.807) is 17.9 Å². The summed E-state index contributed by atoms with van der Waals surface area (Å²) in [6.45, 7) is 6.28. The second kappa shape index (κ2) is 8.21. The van der Waals surface area contributed by atoms with Crippen LogP contribution >= 0.6 is 0 Å². The Morgan fingerprint density at radius 1 is 1.00 bits per heavy atom. The molecule has 28 heavy (non-hydrogen) atoms. The molecule has 2 amide bonds. The van der Waals surface area contributed by atoms with Crippen molar-refractivity contribution in [3.05, 3.63) is 28.8 Å². The average molecular weight is 408 g/mol. The zero-order chi connectivity index (χ0) is 20.5. The number of aryl methyl sites for hydroxylation is 1. The molecule has 0 aromatic heterocycles. The summed E-state index contributed by atoms with van der Waals surface area (Å²) in [6, 6.07) is 3.20. The maximum atomic E-state index is 13.0. The minimum Gasteiger partial charge on any atom is -0.342 e. The van der Waals surface area contributed by atoms with Gasteiger partial charge in [-0.15, -0.1) is 0 Å². The van der Waals surface area contributed by atoms with Crippen molar-refractivity contribution >= 4 is 21.8 Å². The molecular weight excluding hydrogens is 378 g/mol. The van der Waals surface area contributed by atoms with Gasteiger partial charge >= 0.3 is 0 Å². The van der Waals surface area contributed by atoms with Crippen LogP contribution in [0, 0.1) is 19.8 Å². The van der Waals surface area contributed by atoms with Crippen molar-refractivity contribution in [2.75, 3.05) is 33.2 Å². The van der Waals surface area contributed by atoms with Crippen LogP contribution < -0.4 is 4.72 Å². The van der Waals surface area contributed by atoms with Crippen LogP contribution in [-0.2, 0) is 14.8 Å². The maximum Gasteiger partial charge on any atom is 0.253 e. The summed E-state index contributed by atoms with van der Waals surface area (Å²) in [5, 5.41) is 0. The van der Waals surface area contributed by atoms with Gasteiger partial charge < -0.3 is 9.80 Å². The van der Waals surface area contributed by atoms with E-state index in [0.29, 0.717) is 37.1 Å². The van der Waals surface area contributed by atoms with E-state index in [-0.39, 0.29) is 22.6 Å². The molecule has 1 N–H and O–H groups in total. The zero-order valence-electron chi connectivity index (χ0n) is 16.8. The largest absolute Gasteiger partial charge is 0.342 e. The molecule has 0 atom stereocenters. The third-order valence-corrected chi connectivity index (χ3v) is 7.51. The maximum absolute atomic E-state index is 13.0. The molecule has 0 unspecified atom stereocenters. The molecule has 7 nitrogen and oxygen atoms in total. The molecule has 0 saturated carbocycles. The molecule has 3 rings (SSSR count). The van der Waals surface area contributed by atoms with Gasteiger partial charge in [0, 0.05) is 37.7 Å². The van der Waals surface area contributed by atoms with E-state index < -0.39 is 10.0 Å². The molecule has 1 aromatic rings. The fourth-order valence-corrected chi connectivity index (χ4v) is 5.11. The van der Waals surface area contributed by atoms with Crippen LogP contribution in [0.25, 0.3) is 0 Å². The zero-order valence-corrected chi connectivity index (χ0v) is 17.6. The van der Waals surface area contributed by atoms with Gasteiger partial charge in [0.1, 0.15) is 0 Å². The molecule has 154 valence electrons. The predicted molar refractivity (Wildman–Crippen MR) is 107 cm³/mol. The minimum absolute atomic E-state index is 0.0119. The molecule has 2 heterocycles. The third kappa shape index (κ3) is 4.07. The fraction of sp³-hybridized carbons (Fsp3) is 0.600. The lowest BCUT2D eigenvalue weighted by molar-refractivity contribution is -0.135. The summed E-state index contributed by atoms with van der Waals surface area (Å²) in [6.07, 6.45) is 3.47. The van der Waals surface area contributed by atoms with Crippen molar-refractivity contribution in [2.45, 2.75) is 44.4 Å². The molecular formula is C20H29N3O4S. The van der Waals surface area contributed by atoms with E-state index in [4.69, 9.17) is 0 Å². The number of amides is 2. The van der Waals surface area contributed by atoms with E-state index >= 15 is 0 Å². The quantitative estimate of drug-likeness (QED) is 0.823. The van der Waals surface area contributed by atoms with Crippen LogP contribution in [-0.4, -0.2) is 63.3 Å². The number of nitrogens with zero attached hydrogens (tertiary/aromatic N) is 2. The minimum atomic E-state index is -3.64. The Kier molecular flexibility index (Phi) is 6.09. The van der Waals surface area contributed by atoms with Crippen molar-refractivity contribution in [1.29, 1.82) is 0 Å². The van der Waals surface area contributed by atoms with Gasteiger partial charge in [-0.1, -0.05) is 0 Å². The van der Waals surface area contributed by atoms with Gasteiger partial charge in [0.25, 0.3) is 5.91 Å². The Morgan fingerprint density at radius 3 is 2.18 bits per heavy atom. The number of sulfonamides is 1. The number of carbonyl (C=O) groups is 2. The molecule has 2 aliphatic rings. The molecule has 0 bridgehead atoms. The van der Waals surface area contributed by atoms with Crippen molar-refractivity contribution in [3.63, 3.8) is 0 Å². The predicted octanol–water partition coefficient (Wildman–Crippen LogP) is 1.69. The van der Waals surface area contributed by atoms with E-state index in [2.05, 4.69) is 4.72 Å². The Morgan fingerprint density at radius 2 is 1.61 bits per heavy atom. The van der Waals surface area contributed by atoms with Crippen molar-refractivity contribution in [1.82, 2.24) is 14.5 Å². The van der Waals surface area contributed by atoms with Crippen molar-refractivity contribution < 1.29 is 18.0 Å². The highest BCUT2D eigenvalue weighted by atomic mass is 32.2. The monoisotopic (exact) mass is 407 g/mol. The van der Waals surface area contributed by atoms with Crippen LogP contribution in [0.15, 0.2) is 17.0 Å². The Labute approximate surface area is 167 Å². The molecule has 0 aliphatic carbocycles. The third-order valence-electron chi connectivity index (χ3n) is 5.97. The highest BCUT2D eigenvalue weighted by Gasteiger charge is 2.32. The lowest BCUT2D eigenvalue weighted by atomic mass is 9.94. The second-order valence-electron chi connectivity index (χ2n) is 7.72. The van der Waals surface area contributed by atoms with Gasteiger partial charge in [0.2, 0.25) is 15.9 Å². The Bertz CT molecular complexity index is 868. The first-order valence-corrected chi connectivity index (χ1v) is 11.4. The molecule has 0 radical (unpaired) electrons. The highest BCUT2D eigenvalue weighted by molar-refractivity contribution is 7.89. The summed E-state index contributed by atoms with van der Waals surface area (Å²) in [7, 11) is -2.28. The summed E-state index contributed by atoms with van der Waals surface area (Å²) in [5.41, 5.74) is 1.78. The number of carbonyl (C=O) groups excluding carboxylic acids is 2. The number of rotatable bonds is 4. The first-order valence-electron chi connectivity index (χ1n) is 9.87. The van der Waals surface area contributed by atoms with Crippen LogP contribution in [0.3, 0.4) is 0 Å². The van der Waals surface area contributed by atoms with Crippen LogP contribution in [0.2, 0.25) is 0 Å². The number of piperidine rings is 1. The molecule has 0 spiro atoms. The van der Waals surface area contributed by atoms with E-state index in [1.165, 1.54) is 13.1 Å². The number of hydrogen-bond donors (Lipinski definition) is 1. The first-order chi connectivity index (χ1) is 13.2. The SMILES string of the molecule is CNS(=O)(=O)c1cc(C(=O)N2CCC(C(=O)N3CCCC3)CC2)cc(C)c1C. The lowest BCUT2D eigenvalue weighted by Crippen LogP contribution is -2.43. The Hall–Kier alpha value is -1.93. The van der Waals surface area contributed by atoms with Crippen molar-refractivity contribution in [2.24, 2.45) is 5.92 Å². The number of benzene rings is 1. The summed E-state index contributed by atoms with van der Waals surface area (Å²) >= 11 is 0. The standard InChI is InChI=1S/C20H29N3O4S/c1-14-12-17(13-18(15(14)2)28(26,27)21-3)20(25)23-10-6-16(7-11-23)19(24)22-8-4-5-9-22/h12-13,16,21H,4-11H2,1-3H3. The van der Waals surface area contributed by atoms with Gasteiger partial charge in [-0.2, -0.15) is 0 Å². The molecule has 2 aliphatic heterocycles. The smallest absolute Gasteiger partial charge is 0.253 e. The van der Waals surface area contributed by atoms with Crippen LogP contribution in [0.5, 0.6) is 0 Å². The normalized spacial score (nSPS) is 18.5. The average Bonchev–Trinajstić information content (AvgIpc) is 3.23. The van der Waals surface area contributed by atoms with Gasteiger partial charge in [-0.05, 0) is 69.8 Å². The fourth-order valence-electron chi connectivity index (χ4n) is 4.05. The van der Waals surface area contributed by atoms with Gasteiger partial charge in [0.05, 0.1) is 4.90 Å². The van der Waals surface area contributed by atoms with Crippen LogP contribution in [0.4, 0.5) is 0 Å². The van der Waals surface area contributed by atoms with Crippen molar-refractivity contribution in [3.8, 4) is 0 Å². The molecule has 1 aromatic carbocycles. The number of hydrogen-bond acceptors (Lipinski definition) is 4.